The fourth-order valence-corrected chi connectivity index (χ4v) is 6.31. The Kier molecular flexibility index (Phi) is 7.13. The summed E-state index contributed by atoms with van der Waals surface area (Å²) in [5.41, 5.74) is -0.465. The summed E-state index contributed by atoms with van der Waals surface area (Å²) >= 11 is 0. The van der Waals surface area contributed by atoms with Crippen LogP contribution in [0.4, 0.5) is 0 Å². The molecule has 0 heterocycles. The number of rotatable bonds is 8. The normalized spacial score (nSPS) is 22.3. The van der Waals surface area contributed by atoms with Crippen LogP contribution >= 0.6 is 0 Å². The molecule has 2 aromatic rings. The van der Waals surface area contributed by atoms with Crippen molar-refractivity contribution in [3.8, 4) is 0 Å². The summed E-state index contributed by atoms with van der Waals surface area (Å²) in [5.74, 6) is 1.23. The predicted molar refractivity (Wildman–Crippen MR) is 111 cm³/mol. The fourth-order valence-electron chi connectivity index (χ4n) is 3.76. The van der Waals surface area contributed by atoms with Crippen LogP contribution in [-0.2, 0) is 26.4 Å². The highest BCUT2D eigenvalue weighted by atomic mass is 32.2. The smallest absolute Gasteiger partial charge is 0.139 e. The Morgan fingerprint density at radius 3 is 1.67 bits per heavy atom. The maximum atomic E-state index is 12.8. The minimum absolute atomic E-state index is 0.267. The van der Waals surface area contributed by atoms with Gasteiger partial charge in [0.05, 0.1) is 21.6 Å². The number of ketones is 1. The summed E-state index contributed by atoms with van der Waals surface area (Å²) in [5, 5.41) is 0. The third kappa shape index (κ3) is 5.23. The van der Waals surface area contributed by atoms with Gasteiger partial charge in [0.1, 0.15) is 5.78 Å². The van der Waals surface area contributed by atoms with Gasteiger partial charge in [0, 0.05) is 33.1 Å². The van der Waals surface area contributed by atoms with E-state index in [1.54, 1.807) is 0 Å². The molecular formula is C22H26O3S2. The van der Waals surface area contributed by atoms with Gasteiger partial charge in [0.25, 0.3) is 0 Å². The van der Waals surface area contributed by atoms with Gasteiger partial charge >= 0.3 is 0 Å². The molecule has 0 aliphatic heterocycles. The van der Waals surface area contributed by atoms with Crippen LogP contribution in [0.2, 0.25) is 0 Å². The molecular weight excluding hydrogens is 376 g/mol. The number of benzene rings is 2. The van der Waals surface area contributed by atoms with Gasteiger partial charge in [-0.15, -0.1) is 0 Å². The van der Waals surface area contributed by atoms with E-state index in [0.29, 0.717) is 30.8 Å². The van der Waals surface area contributed by atoms with Crippen molar-refractivity contribution >= 4 is 27.4 Å². The maximum absolute atomic E-state index is 12.8. The zero-order valence-electron chi connectivity index (χ0n) is 15.5. The number of Topliss-reactive ketones (excluding diaryl/α,β-unsaturated/α-hetero) is 1. The van der Waals surface area contributed by atoms with Crippen molar-refractivity contribution in [2.45, 2.75) is 48.3 Å². The molecule has 0 N–H and O–H groups in total. The molecule has 27 heavy (non-hydrogen) atoms. The lowest BCUT2D eigenvalue weighted by Gasteiger charge is -2.35. The maximum Gasteiger partial charge on any atom is 0.139 e. The predicted octanol–water partition coefficient (Wildman–Crippen LogP) is 4.51. The van der Waals surface area contributed by atoms with Crippen molar-refractivity contribution in [1.29, 1.82) is 0 Å². The third-order valence-corrected chi connectivity index (χ3v) is 8.19. The topological polar surface area (TPSA) is 51.2 Å². The molecule has 3 nitrogen and oxygen atoms in total. The second-order valence-corrected chi connectivity index (χ2v) is 10.3. The van der Waals surface area contributed by atoms with Crippen molar-refractivity contribution in [3.63, 3.8) is 0 Å². The molecule has 0 bridgehead atoms. The van der Waals surface area contributed by atoms with E-state index in [1.807, 2.05) is 60.7 Å². The summed E-state index contributed by atoms with van der Waals surface area (Å²) in [6.45, 7) is 0. The summed E-state index contributed by atoms with van der Waals surface area (Å²) < 4.78 is 25.3. The second-order valence-electron chi connectivity index (χ2n) is 7.14. The van der Waals surface area contributed by atoms with Crippen LogP contribution < -0.4 is 0 Å². The Labute approximate surface area is 166 Å². The first-order valence-corrected chi connectivity index (χ1v) is 12.1. The number of carbonyl (C=O) groups is 1. The van der Waals surface area contributed by atoms with Crippen LogP contribution in [0.3, 0.4) is 0 Å². The molecule has 2 aromatic carbocycles. The van der Waals surface area contributed by atoms with Crippen molar-refractivity contribution in [1.82, 2.24) is 0 Å². The van der Waals surface area contributed by atoms with Crippen LogP contribution in [0, 0.1) is 5.41 Å². The van der Waals surface area contributed by atoms with Crippen LogP contribution in [0.15, 0.2) is 70.5 Å². The minimum atomic E-state index is -1.10. The first kappa shape index (κ1) is 20.2. The monoisotopic (exact) mass is 402 g/mol. The van der Waals surface area contributed by atoms with Crippen LogP contribution in [0.25, 0.3) is 0 Å². The molecule has 144 valence electrons. The lowest BCUT2D eigenvalue weighted by molar-refractivity contribution is -0.131. The SMILES string of the molecule is O=C1CCCCC1(CCS(=O)c1ccccc1)CCS(=O)c1ccccc1. The zero-order valence-corrected chi connectivity index (χ0v) is 17.1. The van der Waals surface area contributed by atoms with Gasteiger partial charge in [0.2, 0.25) is 0 Å². The van der Waals surface area contributed by atoms with Gasteiger partial charge in [-0.2, -0.15) is 0 Å². The van der Waals surface area contributed by atoms with E-state index in [9.17, 15) is 13.2 Å². The van der Waals surface area contributed by atoms with E-state index >= 15 is 0 Å². The van der Waals surface area contributed by atoms with Gasteiger partial charge in [-0.25, -0.2) is 0 Å². The molecule has 1 aliphatic rings. The average molecular weight is 403 g/mol. The Hall–Kier alpha value is -1.59. The fraction of sp³-hybridized carbons (Fsp3) is 0.409. The van der Waals surface area contributed by atoms with E-state index in [2.05, 4.69) is 0 Å². The average Bonchev–Trinajstić information content (AvgIpc) is 2.73. The number of hydrogen-bond donors (Lipinski definition) is 0. The molecule has 2 unspecified atom stereocenters. The summed E-state index contributed by atoms with van der Waals surface area (Å²) in [6, 6.07) is 18.8. The zero-order chi connectivity index (χ0) is 19.1. The van der Waals surface area contributed by atoms with Gasteiger partial charge in [-0.1, -0.05) is 42.8 Å². The molecule has 0 aromatic heterocycles. The summed E-state index contributed by atoms with van der Waals surface area (Å²) in [6.07, 6.45) is 4.59. The van der Waals surface area contributed by atoms with Gasteiger partial charge in [-0.3, -0.25) is 13.2 Å². The molecule has 0 radical (unpaired) electrons. The Morgan fingerprint density at radius 2 is 1.22 bits per heavy atom. The highest BCUT2D eigenvalue weighted by Crippen LogP contribution is 2.40. The number of carbonyl (C=O) groups excluding carboxylic acids is 1. The Bertz CT molecular complexity index is 747. The number of hydrogen-bond acceptors (Lipinski definition) is 3. The van der Waals surface area contributed by atoms with E-state index in [4.69, 9.17) is 0 Å². The van der Waals surface area contributed by atoms with Crippen LogP contribution in [0.1, 0.15) is 38.5 Å². The summed E-state index contributed by atoms with van der Waals surface area (Å²) in [4.78, 5) is 14.4. The van der Waals surface area contributed by atoms with E-state index in [-0.39, 0.29) is 5.78 Å². The molecule has 2 atom stereocenters. The molecule has 1 saturated carbocycles. The minimum Gasteiger partial charge on any atom is -0.299 e. The van der Waals surface area contributed by atoms with Crippen LogP contribution in [0.5, 0.6) is 0 Å². The van der Waals surface area contributed by atoms with E-state index in [0.717, 1.165) is 29.1 Å². The Morgan fingerprint density at radius 1 is 0.741 bits per heavy atom. The second kappa shape index (κ2) is 9.56. The van der Waals surface area contributed by atoms with Crippen molar-refractivity contribution in [2.75, 3.05) is 11.5 Å². The van der Waals surface area contributed by atoms with Crippen molar-refractivity contribution in [2.24, 2.45) is 5.41 Å². The largest absolute Gasteiger partial charge is 0.299 e. The lowest BCUT2D eigenvalue weighted by Crippen LogP contribution is -2.37. The first-order valence-electron chi connectivity index (χ1n) is 9.51. The molecule has 0 saturated heterocycles. The lowest BCUT2D eigenvalue weighted by atomic mass is 9.69. The molecule has 5 heteroatoms. The van der Waals surface area contributed by atoms with Crippen molar-refractivity contribution < 1.29 is 13.2 Å². The Balaban J connectivity index is 1.67. The first-order chi connectivity index (χ1) is 13.1. The molecule has 1 aliphatic carbocycles. The van der Waals surface area contributed by atoms with Gasteiger partial charge in [0.15, 0.2) is 0 Å². The molecule has 1 fully saturated rings. The van der Waals surface area contributed by atoms with E-state index < -0.39 is 27.0 Å². The van der Waals surface area contributed by atoms with Gasteiger partial charge in [-0.05, 0) is 49.9 Å². The molecule has 0 amide bonds. The highest BCUT2D eigenvalue weighted by molar-refractivity contribution is 7.85. The van der Waals surface area contributed by atoms with Crippen LogP contribution in [-0.4, -0.2) is 25.7 Å². The summed E-state index contributed by atoms with van der Waals surface area (Å²) in [7, 11) is -2.21. The van der Waals surface area contributed by atoms with E-state index in [1.165, 1.54) is 0 Å². The molecule has 0 spiro atoms. The molecule has 3 rings (SSSR count). The quantitative estimate of drug-likeness (QED) is 0.653. The van der Waals surface area contributed by atoms with Crippen molar-refractivity contribution in [3.05, 3.63) is 60.7 Å². The highest BCUT2D eigenvalue weighted by Gasteiger charge is 2.39. The standard InChI is InChI=1S/C22H26O3S2/c23-21-13-7-8-14-22(21,15-17-26(24)19-9-3-1-4-10-19)16-18-27(25)20-11-5-2-6-12-20/h1-6,9-12H,7-8,13-18H2. The van der Waals surface area contributed by atoms with Gasteiger partial charge < -0.3 is 0 Å². The third-order valence-electron chi connectivity index (χ3n) is 5.44.